The minimum atomic E-state index is -3.92. The molecule has 2 aliphatic rings. The van der Waals surface area contributed by atoms with E-state index in [4.69, 9.17) is 14.3 Å². The minimum Gasteiger partial charge on any atom is -0.365 e. The minimum absolute atomic E-state index is 0.104. The lowest BCUT2D eigenvalue weighted by Gasteiger charge is -2.23. The molecule has 1 saturated carbocycles. The van der Waals surface area contributed by atoms with Crippen LogP contribution >= 0.6 is 0 Å². The van der Waals surface area contributed by atoms with Crippen molar-refractivity contribution < 1.29 is 12.6 Å². The Labute approximate surface area is 187 Å². The molecule has 2 heterocycles. The largest absolute Gasteiger partial charge is 0.365 e. The second-order valence-corrected chi connectivity index (χ2v) is 10.2. The third-order valence-corrected chi connectivity index (χ3v) is 7.31. The first kappa shape index (κ1) is 21.3. The van der Waals surface area contributed by atoms with Crippen LogP contribution in [0.3, 0.4) is 0 Å². The number of anilines is 1. The smallest absolute Gasteiger partial charge is 0.333 e. The van der Waals surface area contributed by atoms with Crippen molar-refractivity contribution in [3.05, 3.63) is 47.5 Å². The number of nitrogens with two attached hydrogens (primary N) is 1. The van der Waals surface area contributed by atoms with Gasteiger partial charge in [-0.2, -0.15) is 8.42 Å². The van der Waals surface area contributed by atoms with E-state index in [1.807, 2.05) is 0 Å². The first-order chi connectivity index (χ1) is 15.4. The highest BCUT2D eigenvalue weighted by Crippen LogP contribution is 2.37. The summed E-state index contributed by atoms with van der Waals surface area (Å²) in [5.74, 6) is 2.30. The lowest BCUT2D eigenvalue weighted by atomic mass is 9.82. The molecule has 0 bridgehead atoms. The SMILES string of the molecule is C[C@H]1C[C@H](Nc2ncnc3nc(C4CCCc5ccccc54)[nH]c23)C[C@H]1COS(N)(=O)=O. The van der Waals surface area contributed by atoms with Gasteiger partial charge in [-0.25, -0.2) is 20.1 Å². The highest BCUT2D eigenvalue weighted by Gasteiger charge is 2.33. The molecule has 1 fully saturated rings. The molecular formula is C22H28N6O3S. The molecule has 1 aromatic carbocycles. The van der Waals surface area contributed by atoms with Gasteiger partial charge in [0.15, 0.2) is 11.5 Å². The average molecular weight is 457 g/mol. The van der Waals surface area contributed by atoms with Crippen LogP contribution in [-0.2, 0) is 20.9 Å². The van der Waals surface area contributed by atoms with Crippen LogP contribution in [0.4, 0.5) is 5.82 Å². The maximum Gasteiger partial charge on any atom is 0.333 e. The number of benzene rings is 1. The summed E-state index contributed by atoms with van der Waals surface area (Å²) in [4.78, 5) is 17.2. The van der Waals surface area contributed by atoms with Crippen LogP contribution in [0.1, 0.15) is 55.5 Å². The van der Waals surface area contributed by atoms with Crippen molar-refractivity contribution in [2.24, 2.45) is 17.0 Å². The van der Waals surface area contributed by atoms with Crippen LogP contribution < -0.4 is 10.5 Å². The predicted octanol–water partition coefficient (Wildman–Crippen LogP) is 2.87. The van der Waals surface area contributed by atoms with Crippen LogP contribution in [0.15, 0.2) is 30.6 Å². The van der Waals surface area contributed by atoms with Crippen molar-refractivity contribution in [3.8, 4) is 0 Å². The van der Waals surface area contributed by atoms with Crippen molar-refractivity contribution in [2.45, 2.75) is 51.0 Å². The van der Waals surface area contributed by atoms with Crippen LogP contribution in [0.25, 0.3) is 11.2 Å². The predicted molar refractivity (Wildman–Crippen MR) is 121 cm³/mol. The molecule has 2 aromatic heterocycles. The number of fused-ring (bicyclic) bond motifs is 2. The van der Waals surface area contributed by atoms with Gasteiger partial charge in [-0.3, -0.25) is 4.18 Å². The van der Waals surface area contributed by atoms with E-state index in [0.717, 1.165) is 49.3 Å². The fraction of sp³-hybridized carbons (Fsp3) is 0.500. The molecule has 3 aromatic rings. The molecule has 0 spiro atoms. The molecule has 32 heavy (non-hydrogen) atoms. The molecular weight excluding hydrogens is 428 g/mol. The Bertz CT molecular complexity index is 1230. The lowest BCUT2D eigenvalue weighted by Crippen LogP contribution is -2.22. The van der Waals surface area contributed by atoms with Gasteiger partial charge in [0.25, 0.3) is 0 Å². The van der Waals surface area contributed by atoms with E-state index in [2.05, 4.69) is 51.5 Å². The Balaban J connectivity index is 1.36. The van der Waals surface area contributed by atoms with Crippen molar-refractivity contribution in [2.75, 3.05) is 11.9 Å². The topological polar surface area (TPSA) is 136 Å². The van der Waals surface area contributed by atoms with E-state index in [9.17, 15) is 8.42 Å². The number of hydrogen-bond acceptors (Lipinski definition) is 7. The summed E-state index contributed by atoms with van der Waals surface area (Å²) < 4.78 is 27.1. The molecule has 0 amide bonds. The number of hydrogen-bond donors (Lipinski definition) is 3. The number of nitrogens with one attached hydrogen (secondary N) is 2. The fourth-order valence-electron chi connectivity index (χ4n) is 5.22. The maximum atomic E-state index is 11.1. The Kier molecular flexibility index (Phi) is 5.60. The fourth-order valence-corrected chi connectivity index (χ4v) is 5.58. The molecule has 10 heteroatoms. The Morgan fingerprint density at radius 3 is 2.94 bits per heavy atom. The molecule has 4 N–H and O–H groups in total. The Hall–Kier alpha value is -2.56. The summed E-state index contributed by atoms with van der Waals surface area (Å²) in [6.07, 6.45) is 6.50. The second kappa shape index (κ2) is 8.42. The zero-order valence-corrected chi connectivity index (χ0v) is 18.8. The zero-order chi connectivity index (χ0) is 22.3. The molecule has 5 rings (SSSR count). The molecule has 170 valence electrons. The van der Waals surface area contributed by atoms with Gasteiger partial charge in [0.2, 0.25) is 0 Å². The van der Waals surface area contributed by atoms with Gasteiger partial charge in [-0.05, 0) is 55.1 Å². The number of imidazole rings is 1. The molecule has 1 unspecified atom stereocenters. The van der Waals surface area contributed by atoms with Crippen LogP contribution in [0.2, 0.25) is 0 Å². The summed E-state index contributed by atoms with van der Waals surface area (Å²) in [5.41, 5.74) is 4.19. The third-order valence-electron chi connectivity index (χ3n) is 6.84. The van der Waals surface area contributed by atoms with Gasteiger partial charge in [-0.15, -0.1) is 0 Å². The summed E-state index contributed by atoms with van der Waals surface area (Å²) in [7, 11) is -3.92. The second-order valence-electron chi connectivity index (χ2n) is 9.01. The van der Waals surface area contributed by atoms with Gasteiger partial charge in [-0.1, -0.05) is 31.2 Å². The molecule has 0 radical (unpaired) electrons. The number of aryl methyl sites for hydroxylation is 1. The monoisotopic (exact) mass is 456 g/mol. The van der Waals surface area contributed by atoms with Crippen molar-refractivity contribution >= 4 is 27.3 Å². The van der Waals surface area contributed by atoms with Crippen molar-refractivity contribution in [1.29, 1.82) is 0 Å². The molecule has 9 nitrogen and oxygen atoms in total. The van der Waals surface area contributed by atoms with Gasteiger partial charge >= 0.3 is 10.3 Å². The number of H-pyrrole nitrogens is 1. The van der Waals surface area contributed by atoms with Gasteiger partial charge in [0, 0.05) is 12.0 Å². The van der Waals surface area contributed by atoms with E-state index in [1.165, 1.54) is 17.5 Å². The Morgan fingerprint density at radius 1 is 1.25 bits per heavy atom. The quantitative estimate of drug-likeness (QED) is 0.519. The normalized spacial score (nSPS) is 25.7. The number of aromatic amines is 1. The van der Waals surface area contributed by atoms with E-state index >= 15 is 0 Å². The number of rotatable bonds is 6. The summed E-state index contributed by atoms with van der Waals surface area (Å²) >= 11 is 0. The first-order valence-electron chi connectivity index (χ1n) is 11.1. The Morgan fingerprint density at radius 2 is 2.09 bits per heavy atom. The molecule has 4 atom stereocenters. The standard InChI is InChI=1S/C22H28N6O3S/c1-13-9-16(10-15(13)11-31-32(23,29)30)26-21-19-22(25-12-24-21)28-20(27-19)18-8-4-6-14-5-2-3-7-17(14)18/h2-3,5,7,12-13,15-16,18H,4,6,8-11H2,1H3,(H2,23,29,30)(H2,24,25,26,27,28)/t13-,15-,16-,18?/m0/s1. The molecule has 0 saturated heterocycles. The van der Waals surface area contributed by atoms with Crippen molar-refractivity contribution in [1.82, 2.24) is 19.9 Å². The lowest BCUT2D eigenvalue weighted by molar-refractivity contribution is 0.227. The highest BCUT2D eigenvalue weighted by atomic mass is 32.2. The first-order valence-corrected chi connectivity index (χ1v) is 12.6. The summed E-state index contributed by atoms with van der Waals surface area (Å²) in [6, 6.07) is 8.73. The van der Waals surface area contributed by atoms with Crippen molar-refractivity contribution in [3.63, 3.8) is 0 Å². The summed E-state index contributed by atoms with van der Waals surface area (Å²) in [5, 5.41) is 8.50. The van der Waals surface area contributed by atoms with Crippen LogP contribution in [-0.4, -0.2) is 41.0 Å². The van der Waals surface area contributed by atoms with Gasteiger partial charge < -0.3 is 10.3 Å². The summed E-state index contributed by atoms with van der Waals surface area (Å²) in [6.45, 7) is 2.20. The van der Waals surface area contributed by atoms with Gasteiger partial charge in [0.05, 0.1) is 6.61 Å². The highest BCUT2D eigenvalue weighted by molar-refractivity contribution is 7.84. The van der Waals surface area contributed by atoms with E-state index in [-0.39, 0.29) is 24.5 Å². The number of nitrogens with zero attached hydrogens (tertiary/aromatic N) is 3. The van der Waals surface area contributed by atoms with Crippen LogP contribution in [0.5, 0.6) is 0 Å². The molecule has 2 aliphatic carbocycles. The third kappa shape index (κ3) is 4.35. The maximum absolute atomic E-state index is 11.1. The van der Waals surface area contributed by atoms with E-state index < -0.39 is 10.3 Å². The number of aromatic nitrogens is 4. The van der Waals surface area contributed by atoms with E-state index in [0.29, 0.717) is 11.6 Å². The zero-order valence-electron chi connectivity index (χ0n) is 18.0. The average Bonchev–Trinajstić information content (AvgIpc) is 3.35. The van der Waals surface area contributed by atoms with E-state index in [1.54, 1.807) is 0 Å². The van der Waals surface area contributed by atoms with Gasteiger partial charge in [0.1, 0.15) is 17.7 Å². The van der Waals surface area contributed by atoms with Crippen LogP contribution in [0, 0.1) is 11.8 Å². The molecule has 0 aliphatic heterocycles.